The van der Waals surface area contributed by atoms with Gasteiger partial charge in [-0.3, -0.25) is 0 Å². The number of nitrogens with zero attached hydrogens (tertiary/aromatic N) is 1. The SMILES string of the molecule is CC(O)c1cc[n+](C)cc1. The first-order valence-electron chi connectivity index (χ1n) is 3.33. The molecule has 1 heterocycles. The Morgan fingerprint density at radius 3 is 2.30 bits per heavy atom. The van der Waals surface area contributed by atoms with Gasteiger partial charge in [0, 0.05) is 12.1 Å². The van der Waals surface area contributed by atoms with Crippen LogP contribution in [0.4, 0.5) is 0 Å². The molecule has 1 aromatic rings. The van der Waals surface area contributed by atoms with Gasteiger partial charge in [-0.15, -0.1) is 0 Å². The van der Waals surface area contributed by atoms with Crippen LogP contribution in [-0.2, 0) is 7.05 Å². The van der Waals surface area contributed by atoms with E-state index in [0.29, 0.717) is 0 Å². The van der Waals surface area contributed by atoms with Gasteiger partial charge in [-0.05, 0) is 12.5 Å². The van der Waals surface area contributed by atoms with Gasteiger partial charge in [-0.1, -0.05) is 0 Å². The molecule has 1 N–H and O–H groups in total. The molecule has 0 fully saturated rings. The average Bonchev–Trinajstić information content (AvgIpc) is 1.88. The molecule has 1 aromatic heterocycles. The fraction of sp³-hybridized carbons (Fsp3) is 0.375. The van der Waals surface area contributed by atoms with E-state index in [9.17, 15) is 0 Å². The summed E-state index contributed by atoms with van der Waals surface area (Å²) >= 11 is 0. The highest BCUT2D eigenvalue weighted by atomic mass is 16.3. The van der Waals surface area contributed by atoms with Crippen LogP contribution in [0.25, 0.3) is 0 Å². The van der Waals surface area contributed by atoms with Crippen LogP contribution in [0.5, 0.6) is 0 Å². The zero-order chi connectivity index (χ0) is 7.56. The van der Waals surface area contributed by atoms with Gasteiger partial charge in [0.2, 0.25) is 0 Å². The molecule has 0 bridgehead atoms. The maximum absolute atomic E-state index is 9.11. The van der Waals surface area contributed by atoms with E-state index in [1.807, 2.05) is 36.1 Å². The Morgan fingerprint density at radius 2 is 1.90 bits per heavy atom. The fourth-order valence-electron chi connectivity index (χ4n) is 0.791. The molecule has 1 unspecified atom stereocenters. The van der Waals surface area contributed by atoms with Crippen LogP contribution in [0.15, 0.2) is 24.5 Å². The van der Waals surface area contributed by atoms with Crippen LogP contribution >= 0.6 is 0 Å². The lowest BCUT2D eigenvalue weighted by Gasteiger charge is -2.00. The van der Waals surface area contributed by atoms with Crippen molar-refractivity contribution in [2.45, 2.75) is 13.0 Å². The lowest BCUT2D eigenvalue weighted by atomic mass is 10.2. The molecule has 10 heavy (non-hydrogen) atoms. The highest BCUT2D eigenvalue weighted by Gasteiger charge is 2.00. The number of aliphatic hydroxyl groups is 1. The second kappa shape index (κ2) is 2.80. The minimum atomic E-state index is -0.360. The number of pyridine rings is 1. The van der Waals surface area contributed by atoms with Crippen LogP contribution < -0.4 is 4.57 Å². The van der Waals surface area contributed by atoms with Crippen molar-refractivity contribution in [3.8, 4) is 0 Å². The van der Waals surface area contributed by atoms with Gasteiger partial charge < -0.3 is 5.11 Å². The summed E-state index contributed by atoms with van der Waals surface area (Å²) in [4.78, 5) is 0. The van der Waals surface area contributed by atoms with E-state index in [1.165, 1.54) is 0 Å². The van der Waals surface area contributed by atoms with E-state index in [1.54, 1.807) is 6.92 Å². The Bertz CT molecular complexity index is 203. The van der Waals surface area contributed by atoms with Gasteiger partial charge in [0.05, 0.1) is 6.10 Å². The molecule has 0 aliphatic rings. The standard InChI is InChI=1S/C8H12NO/c1-7(10)8-3-5-9(2)6-4-8/h3-7,10H,1-2H3/q+1. The molecule has 0 aliphatic carbocycles. The number of hydrogen-bond donors (Lipinski definition) is 1. The first-order valence-corrected chi connectivity index (χ1v) is 3.33. The predicted molar refractivity (Wildman–Crippen MR) is 38.3 cm³/mol. The number of aromatic nitrogens is 1. The van der Waals surface area contributed by atoms with Crippen LogP contribution in [0.3, 0.4) is 0 Å². The zero-order valence-corrected chi connectivity index (χ0v) is 6.28. The van der Waals surface area contributed by atoms with Gasteiger partial charge in [-0.2, -0.15) is 0 Å². The Hall–Kier alpha value is -0.890. The first-order chi connectivity index (χ1) is 4.70. The molecule has 2 nitrogen and oxygen atoms in total. The summed E-state index contributed by atoms with van der Waals surface area (Å²) < 4.78 is 1.94. The molecule has 0 amide bonds. The van der Waals surface area contributed by atoms with E-state index < -0.39 is 0 Å². The van der Waals surface area contributed by atoms with Crippen molar-refractivity contribution < 1.29 is 9.67 Å². The summed E-state index contributed by atoms with van der Waals surface area (Å²) in [6.45, 7) is 1.76. The lowest BCUT2D eigenvalue weighted by molar-refractivity contribution is -0.671. The van der Waals surface area contributed by atoms with Gasteiger partial charge in [0.1, 0.15) is 7.05 Å². The summed E-state index contributed by atoms with van der Waals surface area (Å²) in [5, 5.41) is 9.11. The summed E-state index contributed by atoms with van der Waals surface area (Å²) in [5.41, 5.74) is 0.957. The zero-order valence-electron chi connectivity index (χ0n) is 6.28. The van der Waals surface area contributed by atoms with Crippen molar-refractivity contribution in [1.29, 1.82) is 0 Å². The monoisotopic (exact) mass is 138 g/mol. The quantitative estimate of drug-likeness (QED) is 0.563. The van der Waals surface area contributed by atoms with Crippen LogP contribution in [0.1, 0.15) is 18.6 Å². The maximum Gasteiger partial charge on any atom is 0.168 e. The second-order valence-corrected chi connectivity index (χ2v) is 2.47. The lowest BCUT2D eigenvalue weighted by Crippen LogP contribution is -2.26. The molecule has 0 aliphatic heterocycles. The molecule has 0 saturated carbocycles. The smallest absolute Gasteiger partial charge is 0.168 e. The minimum absolute atomic E-state index is 0.360. The number of hydrogen-bond acceptors (Lipinski definition) is 1. The largest absolute Gasteiger partial charge is 0.389 e. The minimum Gasteiger partial charge on any atom is -0.389 e. The van der Waals surface area contributed by atoms with Crippen molar-refractivity contribution in [3.05, 3.63) is 30.1 Å². The molecule has 0 saturated heterocycles. The van der Waals surface area contributed by atoms with E-state index in [4.69, 9.17) is 5.11 Å². The van der Waals surface area contributed by atoms with Crippen LogP contribution in [0, 0.1) is 0 Å². The average molecular weight is 138 g/mol. The van der Waals surface area contributed by atoms with Gasteiger partial charge in [-0.25, -0.2) is 4.57 Å². The summed E-state index contributed by atoms with van der Waals surface area (Å²) in [5.74, 6) is 0. The summed E-state index contributed by atoms with van der Waals surface area (Å²) in [6.07, 6.45) is 3.48. The molecule has 0 aromatic carbocycles. The topological polar surface area (TPSA) is 24.1 Å². The molecular weight excluding hydrogens is 126 g/mol. The van der Waals surface area contributed by atoms with Gasteiger partial charge in [0.25, 0.3) is 0 Å². The van der Waals surface area contributed by atoms with E-state index in [0.717, 1.165) is 5.56 Å². The molecule has 1 atom stereocenters. The molecule has 2 heteroatoms. The summed E-state index contributed by atoms with van der Waals surface area (Å²) in [7, 11) is 1.95. The van der Waals surface area contributed by atoms with Gasteiger partial charge in [0.15, 0.2) is 12.4 Å². The molecule has 0 spiro atoms. The third-order valence-electron chi connectivity index (χ3n) is 1.49. The van der Waals surface area contributed by atoms with Gasteiger partial charge >= 0.3 is 0 Å². The van der Waals surface area contributed by atoms with Crippen LogP contribution in [0.2, 0.25) is 0 Å². The van der Waals surface area contributed by atoms with Crippen molar-refractivity contribution in [1.82, 2.24) is 0 Å². The van der Waals surface area contributed by atoms with Crippen molar-refractivity contribution in [3.63, 3.8) is 0 Å². The van der Waals surface area contributed by atoms with Crippen LogP contribution in [-0.4, -0.2) is 5.11 Å². The fourth-order valence-corrected chi connectivity index (χ4v) is 0.791. The van der Waals surface area contributed by atoms with Crippen molar-refractivity contribution in [2.75, 3.05) is 0 Å². The van der Waals surface area contributed by atoms with Crippen molar-refractivity contribution in [2.24, 2.45) is 7.05 Å². The number of rotatable bonds is 1. The number of aryl methyl sites for hydroxylation is 1. The molecule has 54 valence electrons. The van der Waals surface area contributed by atoms with E-state index >= 15 is 0 Å². The maximum atomic E-state index is 9.11. The van der Waals surface area contributed by atoms with E-state index in [-0.39, 0.29) is 6.10 Å². The summed E-state index contributed by atoms with van der Waals surface area (Å²) in [6, 6.07) is 3.81. The Labute approximate surface area is 60.8 Å². The third-order valence-corrected chi connectivity index (χ3v) is 1.49. The number of aliphatic hydroxyl groups excluding tert-OH is 1. The molecular formula is C8H12NO+. The first kappa shape index (κ1) is 7.22. The Kier molecular flexibility index (Phi) is 2.02. The Balaban J connectivity index is 2.89. The highest BCUT2D eigenvalue weighted by Crippen LogP contribution is 2.07. The molecule has 1 rings (SSSR count). The van der Waals surface area contributed by atoms with Crippen molar-refractivity contribution >= 4 is 0 Å². The Morgan fingerprint density at radius 1 is 1.40 bits per heavy atom. The molecule has 0 radical (unpaired) electrons. The highest BCUT2D eigenvalue weighted by molar-refractivity contribution is 5.09. The predicted octanol–water partition coefficient (Wildman–Crippen LogP) is 0.564. The third kappa shape index (κ3) is 1.54. The second-order valence-electron chi connectivity index (χ2n) is 2.47. The normalized spacial score (nSPS) is 13.1. The van der Waals surface area contributed by atoms with E-state index in [2.05, 4.69) is 0 Å².